The maximum absolute atomic E-state index is 12.5. The van der Waals surface area contributed by atoms with E-state index in [2.05, 4.69) is 6.58 Å². The van der Waals surface area contributed by atoms with Gasteiger partial charge in [-0.25, -0.2) is 14.4 Å². The number of benzene rings is 1. The summed E-state index contributed by atoms with van der Waals surface area (Å²) in [5, 5.41) is 0. The van der Waals surface area contributed by atoms with Gasteiger partial charge in [0.05, 0.1) is 25.4 Å². The van der Waals surface area contributed by atoms with Crippen molar-refractivity contribution in [2.45, 2.75) is 6.92 Å². The molecular weight excluding hydrogens is 362 g/mol. The molecule has 1 aliphatic heterocycles. The molecule has 1 aliphatic rings. The van der Waals surface area contributed by atoms with Crippen LogP contribution in [-0.4, -0.2) is 38.7 Å². The molecule has 1 heterocycles. The van der Waals surface area contributed by atoms with Crippen LogP contribution in [0.3, 0.4) is 0 Å². The monoisotopic (exact) mass is 383 g/mol. The maximum atomic E-state index is 12.5. The Balaban J connectivity index is 2.61. The average molecular weight is 383 g/mol. The van der Waals surface area contributed by atoms with Crippen molar-refractivity contribution < 1.29 is 28.6 Å². The number of rotatable bonds is 6. The third-order valence-corrected chi connectivity index (χ3v) is 3.80. The van der Waals surface area contributed by atoms with Crippen molar-refractivity contribution in [3.63, 3.8) is 0 Å². The SMILES string of the molecule is C=CCOC(=O)c1cc(C)cc(N2C=CC=CC(C(=O)OC)=C2C(=O)OC)c1. The number of methoxy groups -OCH3 is 2. The highest BCUT2D eigenvalue weighted by Crippen LogP contribution is 2.28. The Bertz CT molecular complexity index is 894. The molecule has 7 nitrogen and oxygen atoms in total. The van der Waals surface area contributed by atoms with Gasteiger partial charge in [-0.2, -0.15) is 0 Å². The number of hydrogen-bond donors (Lipinski definition) is 0. The van der Waals surface area contributed by atoms with Crippen LogP contribution in [0.25, 0.3) is 0 Å². The van der Waals surface area contributed by atoms with Crippen LogP contribution in [-0.2, 0) is 23.8 Å². The van der Waals surface area contributed by atoms with Crippen molar-refractivity contribution in [1.29, 1.82) is 0 Å². The van der Waals surface area contributed by atoms with Crippen LogP contribution in [0, 0.1) is 6.92 Å². The number of aryl methyl sites for hydroxylation is 1. The first-order valence-corrected chi connectivity index (χ1v) is 8.37. The van der Waals surface area contributed by atoms with Gasteiger partial charge in [-0.15, -0.1) is 0 Å². The summed E-state index contributed by atoms with van der Waals surface area (Å²) in [6.07, 6.45) is 7.77. The molecule has 146 valence electrons. The fraction of sp³-hybridized carbons (Fsp3) is 0.190. The number of carbonyl (C=O) groups excluding carboxylic acids is 3. The first-order valence-electron chi connectivity index (χ1n) is 8.37. The number of allylic oxidation sites excluding steroid dienone is 2. The summed E-state index contributed by atoms with van der Waals surface area (Å²) in [5.41, 5.74) is 1.53. The predicted molar refractivity (Wildman–Crippen MR) is 103 cm³/mol. The predicted octanol–water partition coefficient (Wildman–Crippen LogP) is 2.83. The van der Waals surface area contributed by atoms with E-state index in [-0.39, 0.29) is 17.9 Å². The van der Waals surface area contributed by atoms with Crippen molar-refractivity contribution >= 4 is 23.6 Å². The fourth-order valence-electron chi connectivity index (χ4n) is 2.60. The van der Waals surface area contributed by atoms with E-state index >= 15 is 0 Å². The molecule has 0 spiro atoms. The molecule has 7 heteroatoms. The molecule has 1 aromatic rings. The van der Waals surface area contributed by atoms with E-state index in [4.69, 9.17) is 14.2 Å². The molecule has 0 aliphatic carbocycles. The molecule has 0 bridgehead atoms. The Morgan fingerprint density at radius 2 is 1.75 bits per heavy atom. The Hall–Kier alpha value is -3.61. The summed E-state index contributed by atoms with van der Waals surface area (Å²) >= 11 is 0. The van der Waals surface area contributed by atoms with Gasteiger partial charge in [0.2, 0.25) is 0 Å². The highest BCUT2D eigenvalue weighted by atomic mass is 16.5. The Kier molecular flexibility index (Phi) is 6.92. The van der Waals surface area contributed by atoms with E-state index in [0.717, 1.165) is 5.56 Å². The lowest BCUT2D eigenvalue weighted by atomic mass is 10.1. The van der Waals surface area contributed by atoms with Gasteiger partial charge in [-0.1, -0.05) is 18.7 Å². The quantitative estimate of drug-likeness (QED) is 0.424. The number of carbonyl (C=O) groups is 3. The van der Waals surface area contributed by atoms with Crippen LogP contribution in [0.15, 0.2) is 66.6 Å². The summed E-state index contributed by atoms with van der Waals surface area (Å²) in [6.45, 7) is 5.39. The highest BCUT2D eigenvalue weighted by Gasteiger charge is 2.28. The smallest absolute Gasteiger partial charge is 0.355 e. The summed E-state index contributed by atoms with van der Waals surface area (Å²) < 4.78 is 14.7. The van der Waals surface area contributed by atoms with Crippen molar-refractivity contribution in [3.8, 4) is 0 Å². The van der Waals surface area contributed by atoms with Crippen molar-refractivity contribution in [2.24, 2.45) is 0 Å². The van der Waals surface area contributed by atoms with Gasteiger partial charge in [0, 0.05) is 11.9 Å². The molecule has 1 aromatic carbocycles. The third-order valence-electron chi connectivity index (χ3n) is 3.80. The molecule has 0 saturated carbocycles. The number of esters is 3. The molecule has 0 N–H and O–H groups in total. The number of ether oxygens (including phenoxy) is 3. The lowest BCUT2D eigenvalue weighted by Crippen LogP contribution is -2.27. The van der Waals surface area contributed by atoms with Gasteiger partial charge in [-0.05, 0) is 42.8 Å². The molecule has 0 radical (unpaired) electrons. The topological polar surface area (TPSA) is 82.1 Å². The summed E-state index contributed by atoms with van der Waals surface area (Å²) in [4.78, 5) is 38.4. The molecule has 28 heavy (non-hydrogen) atoms. The minimum absolute atomic E-state index is 0.0247. The molecule has 0 aromatic heterocycles. The summed E-state index contributed by atoms with van der Waals surface area (Å²) in [5.74, 6) is -1.95. The normalized spacial score (nSPS) is 13.0. The lowest BCUT2D eigenvalue weighted by molar-refractivity contribution is -0.139. The van der Waals surface area contributed by atoms with Gasteiger partial charge in [-0.3, -0.25) is 0 Å². The zero-order valence-electron chi connectivity index (χ0n) is 15.9. The largest absolute Gasteiger partial charge is 0.465 e. The molecular formula is C21H21NO6. The highest BCUT2D eigenvalue weighted by molar-refractivity contribution is 6.05. The van der Waals surface area contributed by atoms with E-state index < -0.39 is 17.9 Å². The molecule has 0 fully saturated rings. The zero-order valence-corrected chi connectivity index (χ0v) is 15.9. The number of hydrogen-bond acceptors (Lipinski definition) is 7. The van der Waals surface area contributed by atoms with E-state index in [0.29, 0.717) is 11.3 Å². The van der Waals surface area contributed by atoms with E-state index in [1.165, 1.54) is 31.3 Å². The van der Waals surface area contributed by atoms with Crippen LogP contribution in [0.2, 0.25) is 0 Å². The molecule has 0 amide bonds. The Morgan fingerprint density at radius 1 is 1.04 bits per heavy atom. The second kappa shape index (κ2) is 9.36. The third kappa shape index (κ3) is 4.56. The minimum Gasteiger partial charge on any atom is -0.465 e. The van der Waals surface area contributed by atoms with Crippen LogP contribution in [0.4, 0.5) is 5.69 Å². The van der Waals surface area contributed by atoms with Crippen LogP contribution >= 0.6 is 0 Å². The molecule has 0 atom stereocenters. The van der Waals surface area contributed by atoms with Crippen molar-refractivity contribution in [2.75, 3.05) is 25.7 Å². The molecule has 0 saturated heterocycles. The first-order chi connectivity index (χ1) is 13.4. The maximum Gasteiger partial charge on any atom is 0.355 e. The van der Waals surface area contributed by atoms with E-state index in [9.17, 15) is 14.4 Å². The van der Waals surface area contributed by atoms with Crippen LogP contribution < -0.4 is 4.90 Å². The summed E-state index contributed by atoms with van der Waals surface area (Å²) in [6, 6.07) is 4.99. The van der Waals surface area contributed by atoms with Crippen LogP contribution in [0.5, 0.6) is 0 Å². The van der Waals surface area contributed by atoms with E-state index in [1.54, 1.807) is 43.5 Å². The Morgan fingerprint density at radius 3 is 2.39 bits per heavy atom. The van der Waals surface area contributed by atoms with Gasteiger partial charge >= 0.3 is 17.9 Å². The van der Waals surface area contributed by atoms with Gasteiger partial charge in [0.25, 0.3) is 0 Å². The number of anilines is 1. The average Bonchev–Trinajstić information content (AvgIpc) is 2.93. The standard InChI is InChI=1S/C21H21NO6/c1-5-10-28-19(23)15-11-14(2)12-16(13-15)22-9-7-6-8-17(20(24)26-3)18(22)21(25)27-4/h5-9,11-13H,1,10H2,2-4H3. The lowest BCUT2D eigenvalue weighted by Gasteiger charge is -2.24. The fourth-order valence-corrected chi connectivity index (χ4v) is 2.60. The Labute approximate surface area is 163 Å². The second-order valence-corrected chi connectivity index (χ2v) is 5.76. The van der Waals surface area contributed by atoms with Gasteiger partial charge in [0.15, 0.2) is 0 Å². The van der Waals surface area contributed by atoms with Crippen molar-refractivity contribution in [3.05, 3.63) is 77.7 Å². The zero-order chi connectivity index (χ0) is 20.7. The van der Waals surface area contributed by atoms with Crippen molar-refractivity contribution in [1.82, 2.24) is 0 Å². The van der Waals surface area contributed by atoms with Gasteiger partial charge < -0.3 is 19.1 Å². The minimum atomic E-state index is -0.728. The summed E-state index contributed by atoms with van der Waals surface area (Å²) in [7, 11) is 2.44. The van der Waals surface area contributed by atoms with Gasteiger partial charge in [0.1, 0.15) is 12.3 Å². The van der Waals surface area contributed by atoms with Crippen LogP contribution in [0.1, 0.15) is 15.9 Å². The molecule has 2 rings (SSSR count). The first kappa shape index (κ1) is 20.7. The van der Waals surface area contributed by atoms with E-state index in [1.807, 2.05) is 0 Å². The number of nitrogens with zero attached hydrogens (tertiary/aromatic N) is 1. The second-order valence-electron chi connectivity index (χ2n) is 5.76. The molecule has 0 unspecified atom stereocenters.